The van der Waals surface area contributed by atoms with Gasteiger partial charge in [-0.2, -0.15) is 11.3 Å². The maximum atomic E-state index is 12.2. The molecule has 0 radical (unpaired) electrons. The summed E-state index contributed by atoms with van der Waals surface area (Å²) in [5, 5.41) is 16.5. The van der Waals surface area contributed by atoms with Gasteiger partial charge in [0.15, 0.2) is 0 Å². The Labute approximate surface area is 125 Å². The number of nitrogens with zero attached hydrogens (tertiary/aromatic N) is 2. The summed E-state index contributed by atoms with van der Waals surface area (Å²) in [7, 11) is 0. The lowest BCUT2D eigenvalue weighted by molar-refractivity contribution is 0.0918. The fraction of sp³-hybridized carbons (Fsp3) is 0.133. The number of amides is 1. The van der Waals surface area contributed by atoms with E-state index in [0.717, 1.165) is 5.56 Å². The highest BCUT2D eigenvalue weighted by atomic mass is 32.1. The van der Waals surface area contributed by atoms with Crippen LogP contribution in [0.4, 0.5) is 0 Å². The lowest BCUT2D eigenvalue weighted by Crippen LogP contribution is -2.28. The Hall–Kier alpha value is -2.31. The van der Waals surface area contributed by atoms with Crippen molar-refractivity contribution in [2.24, 2.45) is 0 Å². The Balaban J connectivity index is 1.75. The molecule has 106 valence electrons. The topological polar surface area (TPSA) is 75.1 Å². The molecule has 6 heteroatoms. The second kappa shape index (κ2) is 5.99. The number of hydrogen-bond donors (Lipinski definition) is 2. The molecular formula is C15H13N3O2S. The third-order valence-corrected chi connectivity index (χ3v) is 3.83. The van der Waals surface area contributed by atoms with Crippen molar-refractivity contribution in [1.29, 1.82) is 0 Å². The van der Waals surface area contributed by atoms with Crippen LogP contribution in [0.25, 0.3) is 11.0 Å². The Bertz CT molecular complexity index is 753. The van der Waals surface area contributed by atoms with Gasteiger partial charge in [0.05, 0.1) is 17.2 Å². The zero-order chi connectivity index (χ0) is 14.7. The van der Waals surface area contributed by atoms with Crippen LogP contribution in [0, 0.1) is 0 Å². The van der Waals surface area contributed by atoms with E-state index in [9.17, 15) is 9.90 Å². The number of hydrogen-bond acceptors (Lipinski definition) is 5. The summed E-state index contributed by atoms with van der Waals surface area (Å²) < 4.78 is 0. The Morgan fingerprint density at radius 3 is 2.95 bits per heavy atom. The second-order valence-electron chi connectivity index (χ2n) is 4.51. The van der Waals surface area contributed by atoms with Crippen molar-refractivity contribution < 1.29 is 9.90 Å². The highest BCUT2D eigenvalue weighted by Gasteiger charge is 2.14. The van der Waals surface area contributed by atoms with Crippen LogP contribution in [0.1, 0.15) is 22.0 Å². The molecule has 2 N–H and O–H groups in total. The molecule has 21 heavy (non-hydrogen) atoms. The normalized spacial score (nSPS) is 12.2. The van der Waals surface area contributed by atoms with Gasteiger partial charge in [-0.1, -0.05) is 6.07 Å². The van der Waals surface area contributed by atoms with Crippen LogP contribution < -0.4 is 5.32 Å². The molecule has 2 aromatic heterocycles. The highest BCUT2D eigenvalue weighted by Crippen LogP contribution is 2.16. The van der Waals surface area contributed by atoms with Crippen LogP contribution in [0.5, 0.6) is 0 Å². The van der Waals surface area contributed by atoms with E-state index in [1.165, 1.54) is 11.3 Å². The van der Waals surface area contributed by atoms with E-state index in [1.807, 2.05) is 16.8 Å². The van der Waals surface area contributed by atoms with E-state index < -0.39 is 6.10 Å². The summed E-state index contributed by atoms with van der Waals surface area (Å²) in [5.41, 5.74) is 2.49. The summed E-state index contributed by atoms with van der Waals surface area (Å²) in [5.74, 6) is -0.268. The van der Waals surface area contributed by atoms with Gasteiger partial charge in [-0.3, -0.25) is 14.8 Å². The minimum absolute atomic E-state index is 0.159. The molecule has 0 fully saturated rings. The van der Waals surface area contributed by atoms with Crippen molar-refractivity contribution in [3.05, 3.63) is 58.5 Å². The lowest BCUT2D eigenvalue weighted by atomic mass is 10.1. The van der Waals surface area contributed by atoms with E-state index >= 15 is 0 Å². The molecule has 3 rings (SSSR count). The number of nitrogens with one attached hydrogen (secondary N) is 1. The maximum absolute atomic E-state index is 12.2. The lowest BCUT2D eigenvalue weighted by Gasteiger charge is -2.11. The third kappa shape index (κ3) is 2.91. The molecule has 0 saturated carbocycles. The molecule has 3 aromatic rings. The number of carbonyl (C=O) groups is 1. The first kappa shape index (κ1) is 13.7. The number of para-hydroxylation sites is 1. The molecule has 1 unspecified atom stereocenters. The van der Waals surface area contributed by atoms with Gasteiger partial charge in [0.2, 0.25) is 0 Å². The molecule has 1 aromatic carbocycles. The average molecular weight is 299 g/mol. The Morgan fingerprint density at radius 1 is 1.29 bits per heavy atom. The number of aromatic nitrogens is 2. The Morgan fingerprint density at radius 2 is 2.14 bits per heavy atom. The summed E-state index contributed by atoms with van der Waals surface area (Å²) in [6, 6.07) is 7.11. The average Bonchev–Trinajstić information content (AvgIpc) is 3.06. The quantitative estimate of drug-likeness (QED) is 0.774. The summed E-state index contributed by atoms with van der Waals surface area (Å²) >= 11 is 1.51. The zero-order valence-electron chi connectivity index (χ0n) is 11.1. The van der Waals surface area contributed by atoms with Gasteiger partial charge in [-0.05, 0) is 34.5 Å². The van der Waals surface area contributed by atoms with Gasteiger partial charge < -0.3 is 10.4 Å². The van der Waals surface area contributed by atoms with Crippen LogP contribution in [-0.4, -0.2) is 27.5 Å². The minimum Gasteiger partial charge on any atom is -0.387 e. The molecule has 0 aliphatic carbocycles. The van der Waals surface area contributed by atoms with E-state index in [0.29, 0.717) is 16.6 Å². The van der Waals surface area contributed by atoms with Crippen molar-refractivity contribution >= 4 is 28.3 Å². The van der Waals surface area contributed by atoms with Crippen molar-refractivity contribution in [2.45, 2.75) is 6.10 Å². The fourth-order valence-corrected chi connectivity index (χ4v) is 2.75. The van der Waals surface area contributed by atoms with Gasteiger partial charge in [0.25, 0.3) is 5.91 Å². The first-order valence-electron chi connectivity index (χ1n) is 6.44. The molecule has 5 nitrogen and oxygen atoms in total. The highest BCUT2D eigenvalue weighted by molar-refractivity contribution is 7.07. The van der Waals surface area contributed by atoms with E-state index in [-0.39, 0.29) is 12.5 Å². The van der Waals surface area contributed by atoms with E-state index in [2.05, 4.69) is 15.3 Å². The largest absolute Gasteiger partial charge is 0.387 e. The summed E-state index contributed by atoms with van der Waals surface area (Å²) in [6.07, 6.45) is 2.44. The van der Waals surface area contributed by atoms with Crippen LogP contribution in [0.2, 0.25) is 0 Å². The van der Waals surface area contributed by atoms with Crippen LogP contribution in [0.3, 0.4) is 0 Å². The number of carbonyl (C=O) groups excluding carboxylic acids is 1. The SMILES string of the molecule is O=C(NCC(O)c1ccsc1)c1cccc2nccnc12. The fourth-order valence-electron chi connectivity index (χ4n) is 2.04. The van der Waals surface area contributed by atoms with Crippen molar-refractivity contribution in [1.82, 2.24) is 15.3 Å². The van der Waals surface area contributed by atoms with Gasteiger partial charge in [0.1, 0.15) is 5.52 Å². The second-order valence-corrected chi connectivity index (χ2v) is 5.29. The molecule has 0 bridgehead atoms. The third-order valence-electron chi connectivity index (χ3n) is 3.13. The maximum Gasteiger partial charge on any atom is 0.253 e. The Kier molecular flexibility index (Phi) is 3.89. The molecule has 0 aliphatic rings. The number of aliphatic hydroxyl groups excluding tert-OH is 1. The van der Waals surface area contributed by atoms with Crippen molar-refractivity contribution in [3.63, 3.8) is 0 Å². The number of rotatable bonds is 4. The molecule has 1 atom stereocenters. The number of benzene rings is 1. The minimum atomic E-state index is -0.707. The predicted octanol–water partition coefficient (Wildman–Crippen LogP) is 2.15. The first-order chi connectivity index (χ1) is 10.3. The molecule has 0 aliphatic heterocycles. The van der Waals surface area contributed by atoms with Gasteiger partial charge in [-0.15, -0.1) is 0 Å². The molecule has 0 spiro atoms. The standard InChI is InChI=1S/C15H13N3O2S/c19-13(10-4-7-21-9-10)8-18-15(20)11-2-1-3-12-14(11)17-6-5-16-12/h1-7,9,13,19H,8H2,(H,18,20). The molecular weight excluding hydrogens is 286 g/mol. The molecule has 0 saturated heterocycles. The van der Waals surface area contributed by atoms with E-state index in [1.54, 1.807) is 30.6 Å². The van der Waals surface area contributed by atoms with Gasteiger partial charge in [-0.25, -0.2) is 0 Å². The van der Waals surface area contributed by atoms with Crippen molar-refractivity contribution in [2.75, 3.05) is 6.54 Å². The van der Waals surface area contributed by atoms with Crippen molar-refractivity contribution in [3.8, 4) is 0 Å². The zero-order valence-corrected chi connectivity index (χ0v) is 11.9. The molecule has 2 heterocycles. The summed E-state index contributed by atoms with van der Waals surface area (Å²) in [4.78, 5) is 20.6. The van der Waals surface area contributed by atoms with E-state index in [4.69, 9.17) is 0 Å². The number of fused-ring (bicyclic) bond motifs is 1. The van der Waals surface area contributed by atoms with Crippen LogP contribution in [0.15, 0.2) is 47.4 Å². The van der Waals surface area contributed by atoms with Crippen LogP contribution in [-0.2, 0) is 0 Å². The number of thiophene rings is 1. The number of aliphatic hydroxyl groups is 1. The van der Waals surface area contributed by atoms with Crippen LogP contribution >= 0.6 is 11.3 Å². The molecule has 1 amide bonds. The van der Waals surface area contributed by atoms with Gasteiger partial charge >= 0.3 is 0 Å². The smallest absolute Gasteiger partial charge is 0.253 e. The monoisotopic (exact) mass is 299 g/mol. The van der Waals surface area contributed by atoms with Gasteiger partial charge in [0, 0.05) is 18.9 Å². The summed E-state index contributed by atoms with van der Waals surface area (Å²) in [6.45, 7) is 0.159. The predicted molar refractivity (Wildman–Crippen MR) is 81.2 cm³/mol. The first-order valence-corrected chi connectivity index (χ1v) is 7.38.